The van der Waals surface area contributed by atoms with Gasteiger partial charge in [-0.15, -0.1) is 0 Å². The molecule has 0 aromatic heterocycles. The lowest BCUT2D eigenvalue weighted by molar-refractivity contribution is 0.102. The van der Waals surface area contributed by atoms with Gasteiger partial charge in [-0.25, -0.2) is 8.42 Å². The second-order valence-electron chi connectivity index (χ2n) is 7.79. The normalized spacial score (nSPS) is 15.2. The van der Waals surface area contributed by atoms with Crippen LogP contribution in [0, 0.1) is 0 Å². The van der Waals surface area contributed by atoms with Gasteiger partial charge in [-0.2, -0.15) is 4.31 Å². The third kappa shape index (κ3) is 5.21. The summed E-state index contributed by atoms with van der Waals surface area (Å²) in [5.74, 6) is 0.139. The Balaban J connectivity index is 1.91. The summed E-state index contributed by atoms with van der Waals surface area (Å²) in [4.78, 5) is 13.0. The number of rotatable bonds is 7. The van der Waals surface area contributed by atoms with E-state index in [2.05, 4.69) is 12.2 Å². The highest BCUT2D eigenvalue weighted by Crippen LogP contribution is 2.31. The Hall–Kier alpha value is -2.38. The summed E-state index contributed by atoms with van der Waals surface area (Å²) in [6.45, 7) is 6.87. The van der Waals surface area contributed by atoms with Gasteiger partial charge in [-0.05, 0) is 69.0 Å². The first-order valence-electron chi connectivity index (χ1n) is 10.5. The summed E-state index contributed by atoms with van der Waals surface area (Å²) in [7, 11) is -3.61. The number of amides is 1. The third-order valence-electron chi connectivity index (χ3n) is 5.14. The minimum absolute atomic E-state index is 0.117. The Morgan fingerprint density at radius 1 is 1.07 bits per heavy atom. The standard InChI is InChI=1S/C23H30N2O4S/c1-4-18-8-10-19(11-9-18)23(26)24-21-16-20(12-13-22(21)29-17(2)3)30(27,28)25-14-6-5-7-15-25/h8-13,16-17H,4-7,14-15H2,1-3H3,(H,24,26). The van der Waals surface area contributed by atoms with Gasteiger partial charge < -0.3 is 10.1 Å². The van der Waals surface area contributed by atoms with E-state index >= 15 is 0 Å². The van der Waals surface area contributed by atoms with Gasteiger partial charge in [-0.3, -0.25) is 4.79 Å². The second kappa shape index (κ2) is 9.62. The SMILES string of the molecule is CCc1ccc(C(=O)Nc2cc(S(=O)(=O)N3CCCCC3)ccc2OC(C)C)cc1. The quantitative estimate of drug-likeness (QED) is 0.703. The lowest BCUT2D eigenvalue weighted by Crippen LogP contribution is -2.35. The average Bonchev–Trinajstić information content (AvgIpc) is 2.75. The van der Waals surface area contributed by atoms with Gasteiger partial charge in [0.25, 0.3) is 5.91 Å². The van der Waals surface area contributed by atoms with E-state index in [1.54, 1.807) is 24.3 Å². The van der Waals surface area contributed by atoms with Crippen LogP contribution < -0.4 is 10.1 Å². The van der Waals surface area contributed by atoms with Crippen molar-refractivity contribution in [2.75, 3.05) is 18.4 Å². The molecule has 162 valence electrons. The maximum Gasteiger partial charge on any atom is 0.255 e. The molecule has 30 heavy (non-hydrogen) atoms. The van der Waals surface area contributed by atoms with Crippen molar-refractivity contribution in [3.05, 3.63) is 53.6 Å². The molecular weight excluding hydrogens is 400 g/mol. The minimum atomic E-state index is -3.61. The van der Waals surface area contributed by atoms with Crippen molar-refractivity contribution in [3.8, 4) is 5.75 Å². The van der Waals surface area contributed by atoms with Crippen LogP contribution >= 0.6 is 0 Å². The van der Waals surface area contributed by atoms with Gasteiger partial charge in [0.05, 0.1) is 16.7 Å². The van der Waals surface area contributed by atoms with Gasteiger partial charge >= 0.3 is 0 Å². The molecule has 3 rings (SSSR count). The maximum atomic E-state index is 13.1. The fourth-order valence-corrected chi connectivity index (χ4v) is 5.01. The predicted molar refractivity (Wildman–Crippen MR) is 119 cm³/mol. The van der Waals surface area contributed by atoms with Crippen LogP contribution in [0.1, 0.15) is 56.0 Å². The highest BCUT2D eigenvalue weighted by molar-refractivity contribution is 7.89. The van der Waals surface area contributed by atoms with Crippen LogP contribution in [0.2, 0.25) is 0 Å². The fraction of sp³-hybridized carbons (Fsp3) is 0.435. The number of nitrogens with zero attached hydrogens (tertiary/aromatic N) is 1. The largest absolute Gasteiger partial charge is 0.489 e. The van der Waals surface area contributed by atoms with Crippen molar-refractivity contribution in [2.45, 2.75) is 57.5 Å². The van der Waals surface area contributed by atoms with E-state index in [1.807, 2.05) is 26.0 Å². The lowest BCUT2D eigenvalue weighted by Gasteiger charge is -2.26. The molecule has 0 radical (unpaired) electrons. The van der Waals surface area contributed by atoms with Crippen LogP contribution in [-0.2, 0) is 16.4 Å². The molecule has 0 aliphatic carbocycles. The van der Waals surface area contributed by atoms with Gasteiger partial charge in [0.2, 0.25) is 10.0 Å². The van der Waals surface area contributed by atoms with Gasteiger partial charge in [0.1, 0.15) is 5.75 Å². The predicted octanol–water partition coefficient (Wildman–Crippen LogP) is 4.46. The van der Waals surface area contributed by atoms with E-state index < -0.39 is 10.0 Å². The molecule has 0 atom stereocenters. The fourth-order valence-electron chi connectivity index (χ4n) is 3.46. The molecule has 2 aromatic rings. The number of sulfonamides is 1. The Labute approximate surface area is 179 Å². The zero-order valence-corrected chi connectivity index (χ0v) is 18.7. The second-order valence-corrected chi connectivity index (χ2v) is 9.73. The molecule has 0 spiro atoms. The number of carbonyl (C=O) groups excluding carboxylic acids is 1. The van der Waals surface area contributed by atoms with E-state index in [4.69, 9.17) is 4.74 Å². The Morgan fingerprint density at radius 3 is 2.33 bits per heavy atom. The molecule has 1 fully saturated rings. The Kier molecular flexibility index (Phi) is 7.15. The van der Waals surface area contributed by atoms with Gasteiger partial charge in [0.15, 0.2) is 0 Å². The van der Waals surface area contributed by atoms with Crippen LogP contribution in [0.5, 0.6) is 5.75 Å². The smallest absolute Gasteiger partial charge is 0.255 e. The highest BCUT2D eigenvalue weighted by Gasteiger charge is 2.27. The summed E-state index contributed by atoms with van der Waals surface area (Å²) in [5, 5.41) is 2.84. The summed E-state index contributed by atoms with van der Waals surface area (Å²) < 4.78 is 33.5. The molecule has 1 N–H and O–H groups in total. The van der Waals surface area contributed by atoms with Crippen molar-refractivity contribution in [2.24, 2.45) is 0 Å². The molecular formula is C23H30N2O4S. The van der Waals surface area contributed by atoms with E-state index in [1.165, 1.54) is 10.4 Å². The molecule has 0 saturated carbocycles. The van der Waals surface area contributed by atoms with Crippen molar-refractivity contribution in [1.29, 1.82) is 0 Å². The van der Waals surface area contributed by atoms with Gasteiger partial charge in [0, 0.05) is 18.7 Å². The minimum Gasteiger partial charge on any atom is -0.489 e. The number of carbonyl (C=O) groups is 1. The first kappa shape index (κ1) is 22.3. The molecule has 0 bridgehead atoms. The first-order valence-corrected chi connectivity index (χ1v) is 12.0. The molecule has 1 heterocycles. The third-order valence-corrected chi connectivity index (χ3v) is 7.03. The number of benzene rings is 2. The van der Waals surface area contributed by atoms with Crippen LogP contribution in [0.4, 0.5) is 5.69 Å². The van der Waals surface area contributed by atoms with Crippen LogP contribution in [0.3, 0.4) is 0 Å². The molecule has 1 amide bonds. The van der Waals surface area contributed by atoms with Crippen LogP contribution in [0.15, 0.2) is 47.4 Å². The summed E-state index contributed by atoms with van der Waals surface area (Å²) in [6, 6.07) is 12.0. The Morgan fingerprint density at radius 2 is 1.73 bits per heavy atom. The van der Waals surface area contributed by atoms with E-state index in [9.17, 15) is 13.2 Å². The molecule has 0 unspecified atom stereocenters. The van der Waals surface area contributed by atoms with Crippen molar-refractivity contribution in [3.63, 3.8) is 0 Å². The number of hydrogen-bond donors (Lipinski definition) is 1. The number of anilines is 1. The number of nitrogens with one attached hydrogen (secondary N) is 1. The zero-order chi connectivity index (χ0) is 21.7. The maximum absolute atomic E-state index is 13.1. The lowest BCUT2D eigenvalue weighted by atomic mass is 10.1. The van der Waals surface area contributed by atoms with Crippen LogP contribution in [0.25, 0.3) is 0 Å². The highest BCUT2D eigenvalue weighted by atomic mass is 32.2. The topological polar surface area (TPSA) is 75.7 Å². The first-order chi connectivity index (χ1) is 14.3. The van der Waals surface area contributed by atoms with Crippen molar-refractivity contribution >= 4 is 21.6 Å². The molecule has 6 nitrogen and oxygen atoms in total. The Bertz CT molecular complexity index is 979. The number of ether oxygens (including phenoxy) is 1. The van der Waals surface area contributed by atoms with E-state index in [0.29, 0.717) is 30.1 Å². The molecule has 1 aliphatic rings. The molecule has 2 aromatic carbocycles. The molecule has 1 saturated heterocycles. The molecule has 1 aliphatic heterocycles. The summed E-state index contributed by atoms with van der Waals surface area (Å²) in [5.41, 5.74) is 2.00. The summed E-state index contributed by atoms with van der Waals surface area (Å²) in [6.07, 6.45) is 3.56. The molecule has 7 heteroatoms. The van der Waals surface area contributed by atoms with Crippen molar-refractivity contribution < 1.29 is 17.9 Å². The number of hydrogen-bond acceptors (Lipinski definition) is 4. The number of piperidine rings is 1. The van der Waals surface area contributed by atoms with E-state index in [0.717, 1.165) is 31.2 Å². The van der Waals surface area contributed by atoms with Crippen LogP contribution in [-0.4, -0.2) is 37.8 Å². The number of aryl methyl sites for hydroxylation is 1. The average molecular weight is 431 g/mol. The monoisotopic (exact) mass is 430 g/mol. The van der Waals surface area contributed by atoms with E-state index in [-0.39, 0.29) is 16.9 Å². The summed E-state index contributed by atoms with van der Waals surface area (Å²) >= 11 is 0. The van der Waals surface area contributed by atoms with Crippen molar-refractivity contribution in [1.82, 2.24) is 4.31 Å². The zero-order valence-electron chi connectivity index (χ0n) is 17.8. The van der Waals surface area contributed by atoms with Gasteiger partial charge in [-0.1, -0.05) is 25.5 Å².